The first-order valence-corrected chi connectivity index (χ1v) is 12.3. The number of aromatic nitrogens is 2. The van der Waals surface area contributed by atoms with Crippen molar-refractivity contribution in [2.75, 3.05) is 20.2 Å². The second-order valence-electron chi connectivity index (χ2n) is 7.91. The van der Waals surface area contributed by atoms with Crippen LogP contribution in [-0.4, -0.2) is 62.4 Å². The number of carbonyl (C=O) groups is 3. The number of carbonyl (C=O) groups excluding carboxylic acids is 3. The zero-order chi connectivity index (χ0) is 29.2. The van der Waals surface area contributed by atoms with Gasteiger partial charge in [0, 0.05) is 26.6 Å². The van der Waals surface area contributed by atoms with Gasteiger partial charge >= 0.3 is 17.8 Å². The number of rotatable bonds is 7. The monoisotopic (exact) mass is 593 g/mol. The number of ether oxygens (including phenoxy) is 1. The summed E-state index contributed by atoms with van der Waals surface area (Å²) in [6.45, 7) is 0.995. The summed E-state index contributed by atoms with van der Waals surface area (Å²) in [7, 11) is 2.13. The number of hydrogen-bond donors (Lipinski definition) is 1. The van der Waals surface area contributed by atoms with Crippen molar-refractivity contribution in [1.82, 2.24) is 19.4 Å². The fraction of sp³-hybridized carbons (Fsp3) is 0.364. The van der Waals surface area contributed by atoms with Crippen LogP contribution >= 0.6 is 23.4 Å². The Bertz CT molecular complexity index is 1490. The fourth-order valence-electron chi connectivity index (χ4n) is 3.48. The van der Waals surface area contributed by atoms with E-state index in [1.165, 1.54) is 7.05 Å². The van der Waals surface area contributed by atoms with Crippen molar-refractivity contribution in [2.24, 2.45) is 12.0 Å². The number of amides is 2. The Balaban J connectivity index is 2.15. The first-order valence-electron chi connectivity index (χ1n) is 11.0. The molecule has 3 rings (SSSR count). The van der Waals surface area contributed by atoms with Gasteiger partial charge in [0.1, 0.15) is 23.3 Å². The van der Waals surface area contributed by atoms with Gasteiger partial charge in [-0.05, 0) is 19.1 Å². The van der Waals surface area contributed by atoms with E-state index in [0.717, 1.165) is 29.8 Å². The SMILES string of the molecule is CCOC(=O)CN1C(=O)C(CC(=O)NC)S/C1=N\c1cc(-n2c(=O)cc(C(F)(F)F)n(C)c2=O)c(F)cc1Cl. The van der Waals surface area contributed by atoms with Crippen molar-refractivity contribution in [2.45, 2.75) is 24.8 Å². The predicted octanol–water partition coefficient (Wildman–Crippen LogP) is 1.98. The van der Waals surface area contributed by atoms with E-state index in [1.54, 1.807) is 6.92 Å². The van der Waals surface area contributed by atoms with E-state index in [2.05, 4.69) is 10.3 Å². The molecule has 11 nitrogen and oxygen atoms in total. The van der Waals surface area contributed by atoms with Crippen LogP contribution in [0.2, 0.25) is 5.02 Å². The van der Waals surface area contributed by atoms with Gasteiger partial charge in [0.15, 0.2) is 5.17 Å². The third kappa shape index (κ3) is 6.33. The summed E-state index contributed by atoms with van der Waals surface area (Å²) in [5, 5.41) is 0.908. The molecule has 1 aliphatic rings. The van der Waals surface area contributed by atoms with E-state index in [-0.39, 0.29) is 44.1 Å². The molecule has 0 spiro atoms. The molecule has 0 bridgehead atoms. The third-order valence-corrected chi connectivity index (χ3v) is 6.82. The van der Waals surface area contributed by atoms with Crippen molar-refractivity contribution < 1.29 is 36.7 Å². The van der Waals surface area contributed by atoms with E-state index >= 15 is 0 Å². The van der Waals surface area contributed by atoms with Crippen molar-refractivity contribution >= 4 is 52.0 Å². The number of benzene rings is 1. The highest BCUT2D eigenvalue weighted by Crippen LogP contribution is 2.35. The molecule has 0 aliphatic carbocycles. The number of aliphatic imine (C=N–C) groups is 1. The van der Waals surface area contributed by atoms with Gasteiger partial charge in [-0.1, -0.05) is 23.4 Å². The summed E-state index contributed by atoms with van der Waals surface area (Å²) in [4.78, 5) is 67.1. The van der Waals surface area contributed by atoms with Gasteiger partial charge in [0.2, 0.25) is 11.8 Å². The van der Waals surface area contributed by atoms with Gasteiger partial charge in [-0.3, -0.25) is 28.6 Å². The van der Waals surface area contributed by atoms with E-state index in [0.29, 0.717) is 6.07 Å². The fourth-order valence-corrected chi connectivity index (χ4v) is 4.83. The van der Waals surface area contributed by atoms with Crippen molar-refractivity contribution in [3.8, 4) is 5.69 Å². The minimum absolute atomic E-state index is 0.0200. The summed E-state index contributed by atoms with van der Waals surface area (Å²) in [5.74, 6) is -3.14. The molecule has 1 unspecified atom stereocenters. The maximum Gasteiger partial charge on any atom is 0.431 e. The standard InChI is InChI=1S/C22H20ClF4N5O6S/c1-4-38-18(35)9-31-19(36)14(7-16(33)28-2)39-20(31)29-12-6-13(11(24)5-10(12)23)32-17(34)8-15(22(25,26)27)30(3)21(32)37/h5-6,8,14H,4,7,9H2,1-3H3,(H,28,33)/b29-20-. The third-order valence-electron chi connectivity index (χ3n) is 5.35. The lowest BCUT2D eigenvalue weighted by Crippen LogP contribution is -2.41. The molecule has 1 aliphatic heterocycles. The summed E-state index contributed by atoms with van der Waals surface area (Å²) in [6, 6.07) is 1.65. The van der Waals surface area contributed by atoms with Gasteiger partial charge in [0.05, 0.1) is 23.0 Å². The van der Waals surface area contributed by atoms with Crippen molar-refractivity contribution in [3.05, 3.63) is 55.6 Å². The number of nitrogens with one attached hydrogen (secondary N) is 1. The molecule has 1 aromatic carbocycles. The Kier molecular flexibility index (Phi) is 8.90. The summed E-state index contributed by atoms with van der Waals surface area (Å²) in [6.07, 6.45) is -5.29. The van der Waals surface area contributed by atoms with Gasteiger partial charge in [-0.15, -0.1) is 0 Å². The molecule has 1 aromatic heterocycles. The molecule has 210 valence electrons. The largest absolute Gasteiger partial charge is 0.465 e. The first-order chi connectivity index (χ1) is 18.2. The van der Waals surface area contributed by atoms with Crippen LogP contribution in [0.15, 0.2) is 32.8 Å². The van der Waals surface area contributed by atoms with Crippen LogP contribution in [-0.2, 0) is 32.3 Å². The first kappa shape index (κ1) is 29.9. The van der Waals surface area contributed by atoms with E-state index in [9.17, 15) is 41.5 Å². The van der Waals surface area contributed by atoms with Crippen molar-refractivity contribution in [1.29, 1.82) is 0 Å². The molecule has 1 atom stereocenters. The van der Waals surface area contributed by atoms with Gasteiger partial charge in [-0.2, -0.15) is 13.2 Å². The smallest absolute Gasteiger partial charge is 0.431 e. The Hall–Kier alpha value is -3.66. The Labute approximate surface area is 226 Å². The highest BCUT2D eigenvalue weighted by Gasteiger charge is 2.40. The Morgan fingerprint density at radius 1 is 1.21 bits per heavy atom. The quantitative estimate of drug-likeness (QED) is 0.383. The molecule has 2 amide bonds. The van der Waals surface area contributed by atoms with Gasteiger partial charge in [-0.25, -0.2) is 18.7 Å². The van der Waals surface area contributed by atoms with Crippen LogP contribution in [0.5, 0.6) is 0 Å². The number of alkyl halides is 3. The molecule has 1 N–H and O–H groups in total. The summed E-state index contributed by atoms with van der Waals surface area (Å²) < 4.78 is 59.6. The molecule has 1 saturated heterocycles. The number of halogens is 5. The molecule has 39 heavy (non-hydrogen) atoms. The van der Waals surface area contributed by atoms with E-state index in [4.69, 9.17) is 16.3 Å². The number of thioether (sulfide) groups is 1. The Morgan fingerprint density at radius 3 is 2.46 bits per heavy atom. The van der Waals surface area contributed by atoms with Crippen LogP contribution in [0.4, 0.5) is 23.2 Å². The molecule has 17 heteroatoms. The highest BCUT2D eigenvalue weighted by atomic mass is 35.5. The Morgan fingerprint density at radius 2 is 1.87 bits per heavy atom. The summed E-state index contributed by atoms with van der Waals surface area (Å²) >= 11 is 6.91. The molecule has 0 radical (unpaired) electrons. The summed E-state index contributed by atoms with van der Waals surface area (Å²) in [5.41, 5.74) is -5.54. The lowest BCUT2D eigenvalue weighted by atomic mass is 10.2. The average Bonchev–Trinajstić information content (AvgIpc) is 3.12. The van der Waals surface area contributed by atoms with Crippen LogP contribution < -0.4 is 16.6 Å². The molecular formula is C22H20ClF4N5O6S. The highest BCUT2D eigenvalue weighted by molar-refractivity contribution is 8.15. The van der Waals surface area contributed by atoms with Crippen LogP contribution in [0, 0.1) is 5.82 Å². The molecular weight excluding hydrogens is 574 g/mol. The van der Waals surface area contributed by atoms with Gasteiger partial charge < -0.3 is 10.1 Å². The molecule has 2 aromatic rings. The van der Waals surface area contributed by atoms with Gasteiger partial charge in [0.25, 0.3) is 5.56 Å². The predicted molar refractivity (Wildman–Crippen MR) is 133 cm³/mol. The van der Waals surface area contributed by atoms with E-state index < -0.39 is 64.2 Å². The lowest BCUT2D eigenvalue weighted by Gasteiger charge is -2.16. The second-order valence-corrected chi connectivity index (χ2v) is 9.48. The van der Waals surface area contributed by atoms with E-state index in [1.807, 2.05) is 0 Å². The maximum absolute atomic E-state index is 14.9. The van der Waals surface area contributed by atoms with Crippen LogP contribution in [0.1, 0.15) is 19.0 Å². The topological polar surface area (TPSA) is 132 Å². The number of hydrogen-bond acceptors (Lipinski definition) is 8. The van der Waals surface area contributed by atoms with Crippen molar-refractivity contribution in [3.63, 3.8) is 0 Å². The molecule has 2 heterocycles. The zero-order valence-corrected chi connectivity index (χ0v) is 22.0. The maximum atomic E-state index is 14.9. The normalized spacial score (nSPS) is 16.6. The number of nitrogens with zero attached hydrogens (tertiary/aromatic N) is 4. The second kappa shape index (κ2) is 11.6. The minimum atomic E-state index is -5.03. The number of esters is 1. The lowest BCUT2D eigenvalue weighted by molar-refractivity contribution is -0.146. The minimum Gasteiger partial charge on any atom is -0.465 e. The van der Waals surface area contributed by atoms with Crippen LogP contribution in [0.3, 0.4) is 0 Å². The van der Waals surface area contributed by atoms with Crippen LogP contribution in [0.25, 0.3) is 5.69 Å². The average molecular weight is 594 g/mol. The molecule has 0 saturated carbocycles. The number of amidine groups is 1. The zero-order valence-electron chi connectivity index (χ0n) is 20.5. The molecule has 1 fully saturated rings.